The first kappa shape index (κ1) is 7.96. The minimum Gasteiger partial charge on any atom is -0.393 e. The molecule has 0 aromatic heterocycles. The molecule has 0 radical (unpaired) electrons. The molecule has 0 unspecified atom stereocenters. The fourth-order valence-corrected chi connectivity index (χ4v) is 0.749. The van der Waals surface area contributed by atoms with Crippen LogP contribution in [0.4, 0.5) is 0 Å². The van der Waals surface area contributed by atoms with Crippen molar-refractivity contribution in [3.63, 3.8) is 0 Å². The molecule has 2 atom stereocenters. The predicted octanol–water partition coefficient (Wildman–Crippen LogP) is 1.80. The smallest absolute Gasteiger partial charge is 0.0514 e. The zero-order valence-corrected chi connectivity index (χ0v) is 6.02. The van der Waals surface area contributed by atoms with Crippen molar-refractivity contribution in [1.82, 2.24) is 0 Å². The first-order chi connectivity index (χ1) is 3.66. The summed E-state index contributed by atoms with van der Waals surface area (Å²) in [6, 6.07) is 0. The molecule has 0 bridgehead atoms. The number of hydrogen-bond donors (Lipinski definition) is 1. The van der Waals surface area contributed by atoms with Crippen molar-refractivity contribution in [2.75, 3.05) is 0 Å². The monoisotopic (exact) mass is 116 g/mol. The van der Waals surface area contributed by atoms with E-state index < -0.39 is 0 Å². The van der Waals surface area contributed by atoms with Crippen LogP contribution in [0, 0.1) is 5.92 Å². The molecule has 0 spiro atoms. The Morgan fingerprint density at radius 1 is 1.38 bits per heavy atom. The Morgan fingerprint density at radius 3 is 2.00 bits per heavy atom. The Hall–Kier alpha value is -0.0400. The number of rotatable bonds is 3. The molecule has 8 heavy (non-hydrogen) atoms. The average Bonchev–Trinajstić information content (AvgIpc) is 1.65. The quantitative estimate of drug-likeness (QED) is 0.596. The van der Waals surface area contributed by atoms with E-state index in [1.54, 1.807) is 0 Å². The van der Waals surface area contributed by atoms with Crippen LogP contribution in [0.15, 0.2) is 0 Å². The molecule has 0 aromatic carbocycles. The van der Waals surface area contributed by atoms with Crippen LogP contribution in [0.3, 0.4) is 0 Å². The SMILES string of the molecule is CC[C@@H](C)C[C@@H](C)O. The number of hydrogen-bond acceptors (Lipinski definition) is 1. The summed E-state index contributed by atoms with van der Waals surface area (Å²) in [5, 5.41) is 8.85. The Morgan fingerprint density at radius 2 is 1.88 bits per heavy atom. The molecule has 0 aromatic rings. The Balaban J connectivity index is 3.10. The summed E-state index contributed by atoms with van der Waals surface area (Å²) in [6.07, 6.45) is 1.99. The summed E-state index contributed by atoms with van der Waals surface area (Å²) < 4.78 is 0. The summed E-state index contributed by atoms with van der Waals surface area (Å²) in [7, 11) is 0. The van der Waals surface area contributed by atoms with Gasteiger partial charge in [-0.25, -0.2) is 0 Å². The van der Waals surface area contributed by atoms with Crippen molar-refractivity contribution in [3.05, 3.63) is 0 Å². The van der Waals surface area contributed by atoms with E-state index in [1.165, 1.54) is 6.42 Å². The molecular weight excluding hydrogens is 100 g/mol. The van der Waals surface area contributed by atoms with Gasteiger partial charge in [0.05, 0.1) is 6.10 Å². The van der Waals surface area contributed by atoms with E-state index >= 15 is 0 Å². The van der Waals surface area contributed by atoms with Gasteiger partial charge in [0.2, 0.25) is 0 Å². The van der Waals surface area contributed by atoms with Crippen LogP contribution in [-0.2, 0) is 0 Å². The van der Waals surface area contributed by atoms with Gasteiger partial charge < -0.3 is 5.11 Å². The molecule has 0 saturated heterocycles. The minimum atomic E-state index is -0.120. The van der Waals surface area contributed by atoms with Gasteiger partial charge in [-0.15, -0.1) is 0 Å². The zero-order valence-electron chi connectivity index (χ0n) is 6.02. The third-order valence-electron chi connectivity index (χ3n) is 1.44. The van der Waals surface area contributed by atoms with Crippen LogP contribution in [-0.4, -0.2) is 11.2 Å². The van der Waals surface area contributed by atoms with E-state index in [4.69, 9.17) is 5.11 Å². The molecule has 0 rings (SSSR count). The van der Waals surface area contributed by atoms with E-state index in [2.05, 4.69) is 13.8 Å². The fraction of sp³-hybridized carbons (Fsp3) is 1.00. The maximum absolute atomic E-state index is 8.85. The lowest BCUT2D eigenvalue weighted by molar-refractivity contribution is 0.163. The van der Waals surface area contributed by atoms with Gasteiger partial charge in [0.25, 0.3) is 0 Å². The lowest BCUT2D eigenvalue weighted by atomic mass is 10.0. The van der Waals surface area contributed by atoms with Gasteiger partial charge in [-0.1, -0.05) is 20.3 Å². The molecule has 0 aliphatic rings. The Labute approximate surface area is 51.7 Å². The van der Waals surface area contributed by atoms with Crippen LogP contribution < -0.4 is 0 Å². The van der Waals surface area contributed by atoms with Crippen molar-refractivity contribution in [1.29, 1.82) is 0 Å². The summed E-state index contributed by atoms with van der Waals surface area (Å²) in [6.45, 7) is 6.14. The normalized spacial score (nSPS) is 18.0. The standard InChI is InChI=1S/C7H16O/c1-4-6(2)5-7(3)8/h6-8H,4-5H2,1-3H3/t6-,7-/m1/s1. The van der Waals surface area contributed by atoms with E-state index in [-0.39, 0.29) is 6.10 Å². The summed E-state index contributed by atoms with van der Waals surface area (Å²) in [5.74, 6) is 0.676. The summed E-state index contributed by atoms with van der Waals surface area (Å²) in [4.78, 5) is 0. The molecule has 0 heterocycles. The van der Waals surface area contributed by atoms with Crippen molar-refractivity contribution < 1.29 is 5.11 Å². The lowest BCUT2D eigenvalue weighted by Crippen LogP contribution is -2.05. The molecule has 0 amide bonds. The van der Waals surface area contributed by atoms with E-state index in [1.807, 2.05) is 6.92 Å². The average molecular weight is 116 g/mol. The van der Waals surface area contributed by atoms with Crippen LogP contribution in [0.25, 0.3) is 0 Å². The molecular formula is C7H16O. The first-order valence-electron chi connectivity index (χ1n) is 3.34. The summed E-state index contributed by atoms with van der Waals surface area (Å²) in [5.41, 5.74) is 0. The highest BCUT2D eigenvalue weighted by Crippen LogP contribution is 2.08. The van der Waals surface area contributed by atoms with Gasteiger partial charge >= 0.3 is 0 Å². The van der Waals surface area contributed by atoms with Gasteiger partial charge in [0, 0.05) is 0 Å². The Kier molecular flexibility index (Phi) is 3.88. The number of aliphatic hydroxyl groups is 1. The van der Waals surface area contributed by atoms with Gasteiger partial charge in [-0.2, -0.15) is 0 Å². The molecule has 0 fully saturated rings. The molecule has 0 saturated carbocycles. The Bertz CT molecular complexity index is 50.3. The van der Waals surface area contributed by atoms with Crippen molar-refractivity contribution in [2.24, 2.45) is 5.92 Å². The van der Waals surface area contributed by atoms with Crippen molar-refractivity contribution >= 4 is 0 Å². The fourth-order valence-electron chi connectivity index (χ4n) is 0.749. The molecule has 0 aliphatic carbocycles. The highest BCUT2D eigenvalue weighted by Gasteiger charge is 2.01. The summed E-state index contributed by atoms with van der Waals surface area (Å²) >= 11 is 0. The van der Waals surface area contributed by atoms with Gasteiger partial charge in [0.15, 0.2) is 0 Å². The molecule has 50 valence electrons. The van der Waals surface area contributed by atoms with Crippen LogP contribution in [0.5, 0.6) is 0 Å². The predicted molar refractivity (Wildman–Crippen MR) is 35.8 cm³/mol. The lowest BCUT2D eigenvalue weighted by Gasteiger charge is -2.08. The van der Waals surface area contributed by atoms with Crippen LogP contribution in [0.2, 0.25) is 0 Å². The largest absolute Gasteiger partial charge is 0.393 e. The van der Waals surface area contributed by atoms with E-state index in [0.717, 1.165) is 6.42 Å². The van der Waals surface area contributed by atoms with Crippen molar-refractivity contribution in [2.45, 2.75) is 39.7 Å². The minimum absolute atomic E-state index is 0.120. The van der Waals surface area contributed by atoms with Crippen molar-refractivity contribution in [3.8, 4) is 0 Å². The van der Waals surface area contributed by atoms with Crippen LogP contribution >= 0.6 is 0 Å². The first-order valence-corrected chi connectivity index (χ1v) is 3.34. The highest BCUT2D eigenvalue weighted by atomic mass is 16.3. The van der Waals surface area contributed by atoms with Gasteiger partial charge in [-0.05, 0) is 19.3 Å². The van der Waals surface area contributed by atoms with Gasteiger partial charge in [-0.3, -0.25) is 0 Å². The van der Waals surface area contributed by atoms with E-state index in [9.17, 15) is 0 Å². The molecule has 1 heteroatoms. The second kappa shape index (κ2) is 3.90. The second-order valence-corrected chi connectivity index (χ2v) is 2.60. The zero-order chi connectivity index (χ0) is 6.57. The molecule has 0 aliphatic heterocycles. The molecule has 1 N–H and O–H groups in total. The maximum Gasteiger partial charge on any atom is 0.0514 e. The second-order valence-electron chi connectivity index (χ2n) is 2.60. The third kappa shape index (κ3) is 4.13. The third-order valence-corrected chi connectivity index (χ3v) is 1.44. The highest BCUT2D eigenvalue weighted by molar-refractivity contribution is 4.53. The maximum atomic E-state index is 8.85. The topological polar surface area (TPSA) is 20.2 Å². The number of aliphatic hydroxyl groups excluding tert-OH is 1. The molecule has 1 nitrogen and oxygen atoms in total. The van der Waals surface area contributed by atoms with Crippen LogP contribution in [0.1, 0.15) is 33.6 Å². The van der Waals surface area contributed by atoms with E-state index in [0.29, 0.717) is 5.92 Å². The van der Waals surface area contributed by atoms with Gasteiger partial charge in [0.1, 0.15) is 0 Å².